The molecule has 2 rings (SSSR count). The lowest BCUT2D eigenvalue weighted by Crippen LogP contribution is -2.19. The molecule has 1 aromatic rings. The summed E-state index contributed by atoms with van der Waals surface area (Å²) in [7, 11) is 0. The Morgan fingerprint density at radius 1 is 1.28 bits per heavy atom. The molecule has 0 aliphatic heterocycles. The summed E-state index contributed by atoms with van der Waals surface area (Å²) in [5.74, 6) is -0.659. The zero-order chi connectivity index (χ0) is 13.2. The van der Waals surface area contributed by atoms with Crippen LogP contribution in [0.1, 0.15) is 56.2 Å². The Balaban J connectivity index is 2.31. The number of benzene rings is 1. The highest BCUT2D eigenvalue weighted by Crippen LogP contribution is 2.48. The molecule has 0 bridgehead atoms. The van der Waals surface area contributed by atoms with Crippen LogP contribution in [0.2, 0.25) is 0 Å². The van der Waals surface area contributed by atoms with Crippen molar-refractivity contribution in [2.24, 2.45) is 0 Å². The lowest BCUT2D eigenvalue weighted by Gasteiger charge is -2.15. The predicted octanol–water partition coefficient (Wildman–Crippen LogP) is 3.71. The second kappa shape index (κ2) is 5.13. The molecule has 0 spiro atoms. The minimum absolute atomic E-state index is 0.562. The third-order valence-electron chi connectivity index (χ3n) is 4.10. The fraction of sp³-hybridized carbons (Fsp3) is 0.562. The third kappa shape index (κ3) is 2.29. The molecule has 0 atom stereocenters. The second-order valence-corrected chi connectivity index (χ2v) is 5.33. The molecule has 1 aromatic carbocycles. The fourth-order valence-electron chi connectivity index (χ4n) is 2.62. The van der Waals surface area contributed by atoms with E-state index < -0.39 is 11.4 Å². The van der Waals surface area contributed by atoms with E-state index in [0.29, 0.717) is 0 Å². The molecule has 1 fully saturated rings. The quantitative estimate of drug-likeness (QED) is 0.830. The number of hydrogen-bond donors (Lipinski definition) is 1. The number of rotatable bonds is 6. The molecule has 0 heterocycles. The molecule has 0 saturated heterocycles. The van der Waals surface area contributed by atoms with Crippen LogP contribution >= 0.6 is 0 Å². The van der Waals surface area contributed by atoms with Crippen LogP contribution < -0.4 is 0 Å². The average Bonchev–Trinajstić information content (AvgIpc) is 3.17. The van der Waals surface area contributed by atoms with E-state index in [2.05, 4.69) is 26.0 Å². The topological polar surface area (TPSA) is 37.3 Å². The van der Waals surface area contributed by atoms with Crippen molar-refractivity contribution >= 4 is 5.97 Å². The molecular weight excluding hydrogens is 224 g/mol. The van der Waals surface area contributed by atoms with Crippen molar-refractivity contribution in [1.82, 2.24) is 0 Å². The van der Waals surface area contributed by atoms with Gasteiger partial charge in [-0.2, -0.15) is 0 Å². The van der Waals surface area contributed by atoms with E-state index in [1.807, 2.05) is 6.07 Å². The van der Waals surface area contributed by atoms with E-state index >= 15 is 0 Å². The average molecular weight is 246 g/mol. The summed E-state index contributed by atoms with van der Waals surface area (Å²) in [4.78, 5) is 11.4. The molecule has 98 valence electrons. The van der Waals surface area contributed by atoms with Gasteiger partial charge in [0, 0.05) is 0 Å². The third-order valence-corrected chi connectivity index (χ3v) is 4.10. The summed E-state index contributed by atoms with van der Waals surface area (Å²) in [5.41, 5.74) is 3.17. The summed E-state index contributed by atoms with van der Waals surface area (Å²) < 4.78 is 0. The maximum atomic E-state index is 11.4. The molecule has 0 radical (unpaired) electrons. The van der Waals surface area contributed by atoms with Crippen LogP contribution in [0.4, 0.5) is 0 Å². The Morgan fingerprint density at radius 3 is 2.50 bits per heavy atom. The van der Waals surface area contributed by atoms with Gasteiger partial charge in [-0.1, -0.05) is 38.5 Å². The maximum absolute atomic E-state index is 11.4. The van der Waals surface area contributed by atoms with E-state index in [1.54, 1.807) is 0 Å². The van der Waals surface area contributed by atoms with E-state index in [1.165, 1.54) is 24.0 Å². The van der Waals surface area contributed by atoms with Crippen LogP contribution in [0.15, 0.2) is 18.2 Å². The molecule has 0 unspecified atom stereocenters. The molecule has 18 heavy (non-hydrogen) atoms. The Bertz CT molecular complexity index is 444. The van der Waals surface area contributed by atoms with Gasteiger partial charge in [0.1, 0.15) is 0 Å². The summed E-state index contributed by atoms with van der Waals surface area (Å²) in [6.07, 6.45) is 6.04. The van der Waals surface area contributed by atoms with Gasteiger partial charge in [-0.3, -0.25) is 4.79 Å². The van der Waals surface area contributed by atoms with Gasteiger partial charge in [-0.25, -0.2) is 0 Å². The van der Waals surface area contributed by atoms with E-state index in [-0.39, 0.29) is 0 Å². The zero-order valence-electron chi connectivity index (χ0n) is 11.3. The van der Waals surface area contributed by atoms with Gasteiger partial charge in [0.15, 0.2) is 0 Å². The molecule has 2 nitrogen and oxygen atoms in total. The lowest BCUT2D eigenvalue weighted by atomic mass is 9.90. The molecule has 1 saturated carbocycles. The van der Waals surface area contributed by atoms with Crippen molar-refractivity contribution in [3.8, 4) is 0 Å². The van der Waals surface area contributed by atoms with Gasteiger partial charge in [-0.15, -0.1) is 0 Å². The first-order chi connectivity index (χ1) is 8.64. The highest BCUT2D eigenvalue weighted by molar-refractivity contribution is 5.85. The van der Waals surface area contributed by atoms with Gasteiger partial charge < -0.3 is 5.11 Å². The first kappa shape index (κ1) is 13.1. The van der Waals surface area contributed by atoms with Crippen molar-refractivity contribution in [3.05, 3.63) is 34.9 Å². The summed E-state index contributed by atoms with van der Waals surface area (Å²) >= 11 is 0. The Morgan fingerprint density at radius 2 is 2.00 bits per heavy atom. The summed E-state index contributed by atoms with van der Waals surface area (Å²) in [6.45, 7) is 4.35. The molecule has 0 amide bonds. The Kier molecular flexibility index (Phi) is 3.74. The lowest BCUT2D eigenvalue weighted by molar-refractivity contribution is -0.140. The molecule has 0 aromatic heterocycles. The van der Waals surface area contributed by atoms with Crippen molar-refractivity contribution in [1.29, 1.82) is 0 Å². The molecule has 1 N–H and O–H groups in total. The second-order valence-electron chi connectivity index (χ2n) is 5.33. The smallest absolute Gasteiger partial charge is 0.314 e. The van der Waals surface area contributed by atoms with Gasteiger partial charge in [-0.05, 0) is 48.8 Å². The van der Waals surface area contributed by atoms with Crippen molar-refractivity contribution in [2.75, 3.05) is 0 Å². The first-order valence-electron chi connectivity index (χ1n) is 6.99. The normalized spacial score (nSPS) is 16.6. The van der Waals surface area contributed by atoms with Crippen molar-refractivity contribution in [3.63, 3.8) is 0 Å². The largest absolute Gasteiger partial charge is 0.481 e. The number of aryl methyl sites for hydroxylation is 2. The number of carboxylic acids is 1. The summed E-state index contributed by atoms with van der Waals surface area (Å²) in [6, 6.07) is 6.30. The highest BCUT2D eigenvalue weighted by Gasteiger charge is 2.51. The van der Waals surface area contributed by atoms with Crippen LogP contribution in [0.5, 0.6) is 0 Å². The molecule has 2 heteroatoms. The Labute approximate surface area is 109 Å². The monoisotopic (exact) mass is 246 g/mol. The van der Waals surface area contributed by atoms with Crippen molar-refractivity contribution in [2.45, 2.75) is 57.8 Å². The van der Waals surface area contributed by atoms with E-state index in [4.69, 9.17) is 0 Å². The minimum atomic E-state index is -0.659. The van der Waals surface area contributed by atoms with E-state index in [9.17, 15) is 9.90 Å². The van der Waals surface area contributed by atoms with Crippen LogP contribution in [0.25, 0.3) is 0 Å². The molecule has 1 aliphatic carbocycles. The van der Waals surface area contributed by atoms with Gasteiger partial charge in [0.2, 0.25) is 0 Å². The maximum Gasteiger partial charge on any atom is 0.314 e. The minimum Gasteiger partial charge on any atom is -0.481 e. The van der Waals surface area contributed by atoms with Crippen molar-refractivity contribution < 1.29 is 9.90 Å². The van der Waals surface area contributed by atoms with Crippen LogP contribution in [0.3, 0.4) is 0 Å². The zero-order valence-corrected chi connectivity index (χ0v) is 11.3. The van der Waals surface area contributed by atoms with Gasteiger partial charge in [0.05, 0.1) is 5.41 Å². The van der Waals surface area contributed by atoms with Crippen LogP contribution in [0, 0.1) is 0 Å². The van der Waals surface area contributed by atoms with Crippen LogP contribution in [-0.4, -0.2) is 11.1 Å². The van der Waals surface area contributed by atoms with Gasteiger partial charge >= 0.3 is 5.97 Å². The standard InChI is InChI=1S/C16H22O2/c1-3-5-6-13-11-14(8-7-12(13)4-2)16(9-10-16)15(17)18/h7-8,11H,3-6,9-10H2,1-2H3,(H,17,18). The van der Waals surface area contributed by atoms with Crippen LogP contribution in [-0.2, 0) is 23.1 Å². The fourth-order valence-corrected chi connectivity index (χ4v) is 2.62. The first-order valence-corrected chi connectivity index (χ1v) is 6.99. The highest BCUT2D eigenvalue weighted by atomic mass is 16.4. The van der Waals surface area contributed by atoms with Gasteiger partial charge in [0.25, 0.3) is 0 Å². The summed E-state index contributed by atoms with van der Waals surface area (Å²) in [5, 5.41) is 9.35. The van der Waals surface area contributed by atoms with E-state index in [0.717, 1.165) is 31.2 Å². The molecule has 1 aliphatic rings. The Hall–Kier alpha value is -1.31. The number of unbranched alkanes of at least 4 members (excludes halogenated alkanes) is 1. The number of carboxylic acid groups (broad SMARTS) is 1. The number of hydrogen-bond acceptors (Lipinski definition) is 1. The SMILES string of the molecule is CCCCc1cc(C2(C(=O)O)CC2)ccc1CC. The number of aliphatic carboxylic acids is 1. The molecular formula is C16H22O2. The predicted molar refractivity (Wildman–Crippen MR) is 73.0 cm³/mol. The number of carbonyl (C=O) groups is 1.